The van der Waals surface area contributed by atoms with E-state index >= 15 is 0 Å². The summed E-state index contributed by atoms with van der Waals surface area (Å²) in [6.07, 6.45) is 5.17. The lowest BCUT2D eigenvalue weighted by Gasteiger charge is -2.36. The summed E-state index contributed by atoms with van der Waals surface area (Å²) in [5, 5.41) is 15.6. The molecule has 204 valence electrons. The van der Waals surface area contributed by atoms with Crippen LogP contribution in [0.15, 0.2) is 0 Å². The molecule has 12 nitrogen and oxygen atoms in total. The molecule has 1 unspecified atom stereocenters. The number of hydroxylamine groups is 2. The van der Waals surface area contributed by atoms with Gasteiger partial charge in [0, 0.05) is 25.9 Å². The number of carbonyl (C=O) groups excluding carboxylic acids is 5. The molecule has 0 aromatic heterocycles. The number of hydrogen-bond acceptors (Lipinski definition) is 7. The number of quaternary nitrogens is 1. The fourth-order valence-electron chi connectivity index (χ4n) is 5.30. The first kappa shape index (κ1) is 29.5. The third kappa shape index (κ3) is 7.89. The predicted octanol–water partition coefficient (Wildman–Crippen LogP) is 1.65. The Morgan fingerprint density at radius 1 is 1.11 bits per heavy atom. The van der Waals surface area contributed by atoms with Crippen LogP contribution >= 0.6 is 0 Å². The van der Waals surface area contributed by atoms with Gasteiger partial charge in [0.15, 0.2) is 6.04 Å². The highest BCUT2D eigenvalue weighted by Crippen LogP contribution is 2.36. The summed E-state index contributed by atoms with van der Waals surface area (Å²) in [6.45, 7) is 5.52. The van der Waals surface area contributed by atoms with E-state index in [0.717, 1.165) is 25.7 Å². The van der Waals surface area contributed by atoms with Crippen molar-refractivity contribution in [3.05, 3.63) is 0 Å². The summed E-state index contributed by atoms with van der Waals surface area (Å²) in [7, 11) is 0. The van der Waals surface area contributed by atoms with E-state index in [1.54, 1.807) is 20.8 Å². The lowest BCUT2D eigenvalue weighted by atomic mass is 9.90. The number of rotatable bonds is 11. The second-order valence-electron chi connectivity index (χ2n) is 10.8. The molecule has 0 aromatic rings. The van der Waals surface area contributed by atoms with Crippen LogP contribution in [0.2, 0.25) is 0 Å². The molecule has 1 saturated heterocycles. The van der Waals surface area contributed by atoms with Gasteiger partial charge in [-0.1, -0.05) is 25.7 Å². The Balaban J connectivity index is 2.13. The van der Waals surface area contributed by atoms with E-state index < -0.39 is 46.0 Å². The van der Waals surface area contributed by atoms with Gasteiger partial charge in [-0.05, 0) is 39.5 Å². The molecule has 1 saturated carbocycles. The number of nitrogens with one attached hydrogen (secondary N) is 2. The first-order chi connectivity index (χ1) is 16.9. The molecule has 2 rings (SSSR count). The van der Waals surface area contributed by atoms with E-state index in [-0.39, 0.29) is 38.5 Å². The largest absolute Gasteiger partial charge is 0.444 e. The molecule has 0 aromatic carbocycles. The van der Waals surface area contributed by atoms with Crippen molar-refractivity contribution >= 4 is 30.3 Å². The van der Waals surface area contributed by atoms with Gasteiger partial charge < -0.3 is 21.1 Å². The molecule has 1 aliphatic heterocycles. The number of imide groups is 1. The molecule has 1 heterocycles. The zero-order valence-electron chi connectivity index (χ0n) is 21.7. The van der Waals surface area contributed by atoms with Gasteiger partial charge in [0.2, 0.25) is 6.41 Å². The minimum Gasteiger partial charge on any atom is -0.444 e. The van der Waals surface area contributed by atoms with Gasteiger partial charge in [-0.15, -0.1) is 0 Å². The Hall–Kier alpha value is -2.73. The summed E-state index contributed by atoms with van der Waals surface area (Å²) >= 11 is 0. The van der Waals surface area contributed by atoms with Gasteiger partial charge in [0.05, 0.1) is 19.0 Å². The van der Waals surface area contributed by atoms with Crippen molar-refractivity contribution in [1.82, 2.24) is 15.7 Å². The van der Waals surface area contributed by atoms with E-state index in [0.29, 0.717) is 30.7 Å². The quantitative estimate of drug-likeness (QED) is 0.107. The molecule has 0 radical (unpaired) electrons. The van der Waals surface area contributed by atoms with E-state index in [9.17, 15) is 29.2 Å². The molecule has 12 heteroatoms. The molecule has 0 spiro atoms. The Morgan fingerprint density at radius 2 is 1.75 bits per heavy atom. The van der Waals surface area contributed by atoms with Crippen LogP contribution in [-0.4, -0.2) is 82.9 Å². The SMILES string of the molecule is CC(C)(C)OC(=O)NCCCNC(=O)[N+]1(C(=O)[C@H](CC2CCCC2)CN(O)C=O)CCC[C@H]1C(N)=O. The highest BCUT2D eigenvalue weighted by molar-refractivity contribution is 5.91. The van der Waals surface area contributed by atoms with Crippen LogP contribution in [0.1, 0.15) is 72.1 Å². The summed E-state index contributed by atoms with van der Waals surface area (Å²) in [5.74, 6) is -1.81. The van der Waals surface area contributed by atoms with Crippen LogP contribution < -0.4 is 16.4 Å². The zero-order chi connectivity index (χ0) is 26.9. The monoisotopic (exact) mass is 512 g/mol. The van der Waals surface area contributed by atoms with Gasteiger partial charge in [-0.25, -0.2) is 19.4 Å². The fraction of sp³-hybridized carbons (Fsp3) is 0.792. The van der Waals surface area contributed by atoms with Gasteiger partial charge in [0.25, 0.3) is 5.91 Å². The summed E-state index contributed by atoms with van der Waals surface area (Å²) in [5.41, 5.74) is 5.01. The first-order valence-corrected chi connectivity index (χ1v) is 12.8. The maximum absolute atomic E-state index is 14.0. The number of likely N-dealkylation sites (tertiary alicyclic amines) is 1. The van der Waals surface area contributed by atoms with Crippen LogP contribution in [0, 0.1) is 11.8 Å². The fourth-order valence-corrected chi connectivity index (χ4v) is 5.30. The normalized spacial score (nSPS) is 23.1. The molecule has 36 heavy (non-hydrogen) atoms. The maximum Gasteiger partial charge on any atom is 0.424 e. The second-order valence-corrected chi connectivity index (χ2v) is 10.8. The van der Waals surface area contributed by atoms with Crippen LogP contribution in [0.3, 0.4) is 0 Å². The molecule has 0 bridgehead atoms. The zero-order valence-corrected chi connectivity index (χ0v) is 21.7. The lowest BCUT2D eigenvalue weighted by molar-refractivity contribution is -0.779. The van der Waals surface area contributed by atoms with Crippen molar-refractivity contribution in [2.24, 2.45) is 17.6 Å². The highest BCUT2D eigenvalue weighted by Gasteiger charge is 2.58. The van der Waals surface area contributed by atoms with Crippen molar-refractivity contribution in [2.45, 2.75) is 83.8 Å². The van der Waals surface area contributed by atoms with E-state index in [4.69, 9.17) is 10.5 Å². The Morgan fingerprint density at radius 3 is 2.33 bits per heavy atom. The average Bonchev–Trinajstić information content (AvgIpc) is 3.47. The predicted molar refractivity (Wildman–Crippen MR) is 129 cm³/mol. The smallest absolute Gasteiger partial charge is 0.424 e. The molecule has 5 N–H and O–H groups in total. The molecule has 1 aliphatic carbocycles. The first-order valence-electron chi connectivity index (χ1n) is 12.8. The Bertz CT molecular complexity index is 809. The third-order valence-corrected chi connectivity index (χ3v) is 6.87. The van der Waals surface area contributed by atoms with Crippen LogP contribution in [0.5, 0.6) is 0 Å². The summed E-state index contributed by atoms with van der Waals surface area (Å²) in [6, 6.07) is -1.66. The number of ether oxygens (including phenoxy) is 1. The summed E-state index contributed by atoms with van der Waals surface area (Å²) in [4.78, 5) is 62.7. The Labute approximate surface area is 212 Å². The Kier molecular flexibility index (Phi) is 10.7. The number of primary amides is 1. The molecule has 2 aliphatic rings. The number of alkyl carbamates (subject to hydrolysis) is 1. The van der Waals surface area contributed by atoms with Crippen molar-refractivity contribution in [3.8, 4) is 0 Å². The number of hydrogen-bond donors (Lipinski definition) is 4. The average molecular weight is 513 g/mol. The van der Waals surface area contributed by atoms with E-state index in [2.05, 4.69) is 10.6 Å². The van der Waals surface area contributed by atoms with Gasteiger partial charge in [-0.3, -0.25) is 14.8 Å². The molecule has 6 amide bonds. The minimum atomic E-state index is -1.02. The topological polar surface area (TPSA) is 168 Å². The maximum atomic E-state index is 14.0. The molecular formula is C24H42N5O7+. The second kappa shape index (κ2) is 13.0. The number of nitrogens with two attached hydrogens (primary N) is 1. The van der Waals surface area contributed by atoms with Crippen molar-refractivity contribution in [2.75, 3.05) is 26.2 Å². The molecular weight excluding hydrogens is 470 g/mol. The van der Waals surface area contributed by atoms with Crippen molar-refractivity contribution < 1.29 is 38.4 Å². The number of amides is 6. The van der Waals surface area contributed by atoms with Gasteiger partial charge in [-0.2, -0.15) is 4.48 Å². The third-order valence-electron chi connectivity index (χ3n) is 6.87. The van der Waals surface area contributed by atoms with Crippen LogP contribution in [0.4, 0.5) is 9.59 Å². The standard InChI is InChI=1S/C24H41N5O7/c1-24(2,3)36-23(34)27-12-7-11-26-22(33)29(13-6-10-19(29)20(25)31)21(32)18(15-28(35)16-30)14-17-8-4-5-9-17/h16-19,35H,4-15H2,1-3H3,(H3-,25,26,27,31,33,34)/p+1/t18-,19+,29?/m1/s1. The van der Waals surface area contributed by atoms with E-state index in [1.165, 1.54) is 0 Å². The van der Waals surface area contributed by atoms with E-state index in [1.807, 2.05) is 0 Å². The molecule has 2 fully saturated rings. The number of nitrogens with zero attached hydrogens (tertiary/aromatic N) is 2. The number of carbonyl (C=O) groups is 5. The van der Waals surface area contributed by atoms with Crippen LogP contribution in [0.25, 0.3) is 0 Å². The number of urea groups is 1. The minimum absolute atomic E-state index is 0.113. The van der Waals surface area contributed by atoms with Crippen LogP contribution in [-0.2, 0) is 19.1 Å². The lowest BCUT2D eigenvalue weighted by Crippen LogP contribution is -2.68. The van der Waals surface area contributed by atoms with Gasteiger partial charge in [0.1, 0.15) is 5.60 Å². The highest BCUT2D eigenvalue weighted by atomic mass is 16.6. The van der Waals surface area contributed by atoms with Crippen molar-refractivity contribution in [3.63, 3.8) is 0 Å². The molecule has 3 atom stereocenters. The summed E-state index contributed by atoms with van der Waals surface area (Å²) < 4.78 is 4.41. The van der Waals surface area contributed by atoms with Crippen molar-refractivity contribution in [1.29, 1.82) is 0 Å². The van der Waals surface area contributed by atoms with Gasteiger partial charge >= 0.3 is 18.0 Å².